The Morgan fingerprint density at radius 2 is 2.17 bits per heavy atom. The molecule has 0 aromatic rings. The molecule has 1 rings (SSSR count). The van der Waals surface area contributed by atoms with Crippen LogP contribution in [0.3, 0.4) is 0 Å². The summed E-state index contributed by atoms with van der Waals surface area (Å²) in [5.41, 5.74) is 5.41. The Kier molecular flexibility index (Phi) is 4.21. The van der Waals surface area contributed by atoms with Gasteiger partial charge in [0.15, 0.2) is 0 Å². The van der Waals surface area contributed by atoms with E-state index in [4.69, 9.17) is 10.5 Å². The quantitative estimate of drug-likeness (QED) is 0.558. The Bertz CT molecular complexity index is 135. The zero-order valence-electron chi connectivity index (χ0n) is 7.24. The van der Waals surface area contributed by atoms with E-state index in [9.17, 15) is 4.79 Å². The number of carbonyl (C=O) groups is 1. The normalized spacial score (nSPS) is 22.1. The van der Waals surface area contributed by atoms with E-state index in [1.165, 1.54) is 0 Å². The molecule has 1 aliphatic rings. The van der Waals surface area contributed by atoms with Crippen LogP contribution in [-0.4, -0.2) is 50.6 Å². The summed E-state index contributed by atoms with van der Waals surface area (Å²) in [4.78, 5) is 12.7. The Morgan fingerprint density at radius 3 is 2.67 bits per heavy atom. The van der Waals surface area contributed by atoms with Crippen molar-refractivity contribution in [1.82, 2.24) is 4.90 Å². The smallest absolute Gasteiger partial charge is 0.125 e. The number of ether oxygens (including phenoxy) is 1. The van der Waals surface area contributed by atoms with Gasteiger partial charge in [0.05, 0.1) is 13.2 Å². The first-order valence-corrected chi connectivity index (χ1v) is 4.32. The molecule has 1 heterocycles. The van der Waals surface area contributed by atoms with Crippen molar-refractivity contribution in [3.05, 3.63) is 0 Å². The average Bonchev–Trinajstić information content (AvgIpc) is 2.16. The molecule has 0 amide bonds. The predicted molar refractivity (Wildman–Crippen MR) is 45.9 cm³/mol. The fourth-order valence-corrected chi connectivity index (χ4v) is 1.29. The minimum atomic E-state index is -0.0110. The van der Waals surface area contributed by atoms with Gasteiger partial charge in [0.25, 0.3) is 0 Å². The number of hydrogen-bond donors (Lipinski definition) is 1. The second kappa shape index (κ2) is 5.24. The summed E-state index contributed by atoms with van der Waals surface area (Å²) < 4.78 is 5.19. The molecule has 1 saturated heterocycles. The first-order chi connectivity index (χ1) is 5.86. The molecular weight excluding hydrogens is 156 g/mol. The summed E-state index contributed by atoms with van der Waals surface area (Å²) in [5.74, 6) is -0.0110. The van der Waals surface area contributed by atoms with Gasteiger partial charge in [-0.05, 0) is 0 Å². The van der Waals surface area contributed by atoms with Gasteiger partial charge in [0, 0.05) is 32.1 Å². The minimum Gasteiger partial charge on any atom is -0.379 e. The van der Waals surface area contributed by atoms with E-state index >= 15 is 0 Å². The molecule has 4 heteroatoms. The Hall–Kier alpha value is -0.450. The number of nitrogens with two attached hydrogens (primary N) is 1. The van der Waals surface area contributed by atoms with Crippen LogP contribution in [0, 0.1) is 5.92 Å². The highest BCUT2D eigenvalue weighted by molar-refractivity contribution is 5.54. The molecule has 4 nitrogen and oxygen atoms in total. The number of hydrogen-bond acceptors (Lipinski definition) is 4. The number of aldehydes is 1. The number of rotatable bonds is 4. The molecular formula is C8H16N2O2. The molecule has 0 spiro atoms. The summed E-state index contributed by atoms with van der Waals surface area (Å²) in [6, 6.07) is 0. The van der Waals surface area contributed by atoms with E-state index < -0.39 is 0 Å². The number of nitrogens with zero attached hydrogens (tertiary/aromatic N) is 1. The molecule has 0 radical (unpaired) electrons. The third-order valence-corrected chi connectivity index (χ3v) is 2.09. The first kappa shape index (κ1) is 9.64. The second-order valence-electron chi connectivity index (χ2n) is 3.04. The van der Waals surface area contributed by atoms with Crippen LogP contribution in [0.15, 0.2) is 0 Å². The van der Waals surface area contributed by atoms with Crippen molar-refractivity contribution in [2.24, 2.45) is 11.7 Å². The highest BCUT2D eigenvalue weighted by Crippen LogP contribution is 2.00. The molecule has 1 fully saturated rings. The van der Waals surface area contributed by atoms with E-state index in [-0.39, 0.29) is 5.92 Å². The maximum Gasteiger partial charge on any atom is 0.125 e. The lowest BCUT2D eigenvalue weighted by Crippen LogP contribution is -2.41. The maximum absolute atomic E-state index is 10.5. The predicted octanol–water partition coefficient (Wildman–Crippen LogP) is -0.908. The van der Waals surface area contributed by atoms with Gasteiger partial charge in [-0.3, -0.25) is 4.90 Å². The highest BCUT2D eigenvalue weighted by Gasteiger charge is 2.14. The van der Waals surface area contributed by atoms with Crippen LogP contribution in [0.4, 0.5) is 0 Å². The summed E-state index contributed by atoms with van der Waals surface area (Å²) in [6.07, 6.45) is 0.940. The zero-order valence-corrected chi connectivity index (χ0v) is 7.24. The Labute approximate surface area is 72.7 Å². The van der Waals surface area contributed by atoms with Crippen LogP contribution in [0.5, 0.6) is 0 Å². The maximum atomic E-state index is 10.5. The van der Waals surface area contributed by atoms with Gasteiger partial charge in [-0.2, -0.15) is 0 Å². The summed E-state index contributed by atoms with van der Waals surface area (Å²) >= 11 is 0. The minimum absolute atomic E-state index is 0.0110. The zero-order chi connectivity index (χ0) is 8.81. The molecule has 0 unspecified atom stereocenters. The standard InChI is InChI=1S/C8H16N2O2/c9-5-8(7-11)6-10-1-3-12-4-2-10/h7-8H,1-6,9H2/t8-/m0/s1. The van der Waals surface area contributed by atoms with Gasteiger partial charge >= 0.3 is 0 Å². The molecule has 0 saturated carbocycles. The van der Waals surface area contributed by atoms with Gasteiger partial charge in [-0.15, -0.1) is 0 Å². The third-order valence-electron chi connectivity index (χ3n) is 2.09. The van der Waals surface area contributed by atoms with Crippen molar-refractivity contribution in [2.75, 3.05) is 39.4 Å². The Morgan fingerprint density at radius 1 is 1.50 bits per heavy atom. The summed E-state index contributed by atoms with van der Waals surface area (Å²) in [6.45, 7) is 4.62. The van der Waals surface area contributed by atoms with Crippen LogP contribution >= 0.6 is 0 Å². The van der Waals surface area contributed by atoms with Crippen molar-refractivity contribution in [1.29, 1.82) is 0 Å². The average molecular weight is 172 g/mol. The topological polar surface area (TPSA) is 55.6 Å². The first-order valence-electron chi connectivity index (χ1n) is 4.32. The summed E-state index contributed by atoms with van der Waals surface area (Å²) in [7, 11) is 0. The van der Waals surface area contributed by atoms with E-state index in [2.05, 4.69) is 4.90 Å². The van der Waals surface area contributed by atoms with Crippen molar-refractivity contribution < 1.29 is 9.53 Å². The number of morpholine rings is 1. The third kappa shape index (κ3) is 2.89. The van der Waals surface area contributed by atoms with Crippen molar-refractivity contribution in [2.45, 2.75) is 0 Å². The number of carbonyl (C=O) groups excluding carboxylic acids is 1. The van der Waals surface area contributed by atoms with Crippen molar-refractivity contribution in [3.63, 3.8) is 0 Å². The Balaban J connectivity index is 2.22. The van der Waals surface area contributed by atoms with Crippen LogP contribution in [0.25, 0.3) is 0 Å². The van der Waals surface area contributed by atoms with Gasteiger partial charge in [-0.1, -0.05) is 0 Å². The van der Waals surface area contributed by atoms with Crippen molar-refractivity contribution in [3.8, 4) is 0 Å². The lowest BCUT2D eigenvalue weighted by Gasteiger charge is -2.28. The fourth-order valence-electron chi connectivity index (χ4n) is 1.29. The van der Waals surface area contributed by atoms with Crippen LogP contribution in [0.1, 0.15) is 0 Å². The molecule has 12 heavy (non-hydrogen) atoms. The lowest BCUT2D eigenvalue weighted by molar-refractivity contribution is -0.111. The fraction of sp³-hybridized carbons (Fsp3) is 0.875. The largest absolute Gasteiger partial charge is 0.379 e. The van der Waals surface area contributed by atoms with E-state index in [1.54, 1.807) is 0 Å². The van der Waals surface area contributed by atoms with Crippen LogP contribution in [-0.2, 0) is 9.53 Å². The lowest BCUT2D eigenvalue weighted by atomic mass is 10.1. The van der Waals surface area contributed by atoms with Gasteiger partial charge in [-0.25, -0.2) is 0 Å². The molecule has 0 aliphatic carbocycles. The molecule has 0 aromatic heterocycles. The molecule has 70 valence electrons. The molecule has 1 aliphatic heterocycles. The highest BCUT2D eigenvalue weighted by atomic mass is 16.5. The second-order valence-corrected chi connectivity index (χ2v) is 3.04. The summed E-state index contributed by atoms with van der Waals surface area (Å²) in [5, 5.41) is 0. The van der Waals surface area contributed by atoms with E-state index in [0.29, 0.717) is 6.54 Å². The van der Waals surface area contributed by atoms with Gasteiger partial charge in [0.2, 0.25) is 0 Å². The molecule has 1 atom stereocenters. The molecule has 0 bridgehead atoms. The molecule has 2 N–H and O–H groups in total. The van der Waals surface area contributed by atoms with Crippen LogP contribution in [0.2, 0.25) is 0 Å². The monoisotopic (exact) mass is 172 g/mol. The SMILES string of the molecule is NC[C@H](C=O)CN1CCOCC1. The van der Waals surface area contributed by atoms with Gasteiger partial charge < -0.3 is 15.3 Å². The van der Waals surface area contributed by atoms with Gasteiger partial charge in [0.1, 0.15) is 6.29 Å². The van der Waals surface area contributed by atoms with Crippen LogP contribution < -0.4 is 5.73 Å². The molecule has 0 aromatic carbocycles. The van der Waals surface area contributed by atoms with E-state index in [1.807, 2.05) is 0 Å². The van der Waals surface area contributed by atoms with Crippen molar-refractivity contribution >= 4 is 6.29 Å². The van der Waals surface area contributed by atoms with E-state index in [0.717, 1.165) is 39.1 Å².